The van der Waals surface area contributed by atoms with E-state index >= 15 is 0 Å². The molecule has 1 aromatic carbocycles. The largest absolute Gasteiger partial charge is 0.383 e. The number of rotatable bonds is 4. The molecule has 0 atom stereocenters. The molecule has 5 aromatic rings. The Bertz CT molecular complexity index is 1530. The number of pyridine rings is 1. The number of hydrogen-bond acceptors (Lipinski definition) is 6. The molecule has 4 heterocycles. The molecule has 0 saturated carbocycles. The number of aromatic nitrogens is 6. The number of fused-ring (bicyclic) bond motifs is 2. The number of carbonyl (C=O) groups excluding carboxylic acids is 1. The molecular formula is C23H21FN8O. The Labute approximate surface area is 188 Å². The van der Waals surface area contributed by atoms with Crippen LogP contribution in [0.15, 0.2) is 49.1 Å². The molecule has 0 aliphatic heterocycles. The van der Waals surface area contributed by atoms with Crippen molar-refractivity contribution < 1.29 is 9.18 Å². The number of benzene rings is 1. The van der Waals surface area contributed by atoms with Gasteiger partial charge in [0, 0.05) is 17.8 Å². The SMILES string of the molecule is Cc1ccc(F)c(NC(=O)c2cnc3cc(-c4nn(C(C)C)c5ncnc(N)c45)ccn23)c1. The highest BCUT2D eigenvalue weighted by atomic mass is 19.1. The van der Waals surface area contributed by atoms with Crippen LogP contribution in [0.5, 0.6) is 0 Å². The van der Waals surface area contributed by atoms with Crippen molar-refractivity contribution in [3.63, 3.8) is 0 Å². The zero-order valence-corrected chi connectivity index (χ0v) is 18.2. The lowest BCUT2D eigenvalue weighted by atomic mass is 10.1. The third-order valence-electron chi connectivity index (χ3n) is 5.40. The highest BCUT2D eigenvalue weighted by Gasteiger charge is 2.20. The number of amides is 1. The molecule has 0 aliphatic carbocycles. The number of nitrogen functional groups attached to an aromatic ring is 1. The van der Waals surface area contributed by atoms with Crippen LogP contribution in [-0.2, 0) is 0 Å². The summed E-state index contributed by atoms with van der Waals surface area (Å²) in [6.07, 6.45) is 4.59. The van der Waals surface area contributed by atoms with Crippen molar-refractivity contribution >= 4 is 34.1 Å². The summed E-state index contributed by atoms with van der Waals surface area (Å²) in [6, 6.07) is 8.24. The first-order chi connectivity index (χ1) is 15.8. The Morgan fingerprint density at radius 1 is 1.15 bits per heavy atom. The van der Waals surface area contributed by atoms with E-state index in [4.69, 9.17) is 10.8 Å². The summed E-state index contributed by atoms with van der Waals surface area (Å²) >= 11 is 0. The number of aryl methyl sites for hydroxylation is 1. The minimum Gasteiger partial charge on any atom is -0.383 e. The van der Waals surface area contributed by atoms with E-state index in [1.807, 2.05) is 32.9 Å². The number of anilines is 2. The fraction of sp³-hybridized carbons (Fsp3) is 0.174. The number of nitrogens with zero attached hydrogens (tertiary/aromatic N) is 6. The molecule has 3 N–H and O–H groups in total. The fourth-order valence-electron chi connectivity index (χ4n) is 3.77. The van der Waals surface area contributed by atoms with Gasteiger partial charge in [-0.05, 0) is 50.6 Å². The van der Waals surface area contributed by atoms with Gasteiger partial charge in [-0.2, -0.15) is 5.10 Å². The van der Waals surface area contributed by atoms with Gasteiger partial charge < -0.3 is 11.1 Å². The molecule has 5 rings (SSSR count). The van der Waals surface area contributed by atoms with Crippen molar-refractivity contribution in [2.75, 3.05) is 11.1 Å². The molecule has 0 aliphatic rings. The summed E-state index contributed by atoms with van der Waals surface area (Å²) in [5.41, 5.74) is 9.96. The van der Waals surface area contributed by atoms with Crippen LogP contribution in [0.1, 0.15) is 35.9 Å². The summed E-state index contributed by atoms with van der Waals surface area (Å²) in [7, 11) is 0. The van der Waals surface area contributed by atoms with Crippen LogP contribution in [0.4, 0.5) is 15.9 Å². The second-order valence-electron chi connectivity index (χ2n) is 8.07. The Hall–Kier alpha value is -4.34. The summed E-state index contributed by atoms with van der Waals surface area (Å²) in [5.74, 6) is -0.630. The summed E-state index contributed by atoms with van der Waals surface area (Å²) in [4.78, 5) is 25.7. The molecular weight excluding hydrogens is 423 g/mol. The fourth-order valence-corrected chi connectivity index (χ4v) is 3.77. The maximum absolute atomic E-state index is 14.1. The maximum Gasteiger partial charge on any atom is 0.274 e. The van der Waals surface area contributed by atoms with Crippen LogP contribution in [0.3, 0.4) is 0 Å². The number of hydrogen-bond donors (Lipinski definition) is 2. The lowest BCUT2D eigenvalue weighted by Crippen LogP contribution is -2.15. The van der Waals surface area contributed by atoms with Gasteiger partial charge in [0.25, 0.3) is 5.91 Å². The van der Waals surface area contributed by atoms with Crippen LogP contribution in [0.2, 0.25) is 0 Å². The van der Waals surface area contributed by atoms with Crippen molar-refractivity contribution in [2.24, 2.45) is 0 Å². The first-order valence-electron chi connectivity index (χ1n) is 10.4. The average molecular weight is 444 g/mol. The summed E-state index contributed by atoms with van der Waals surface area (Å²) in [6.45, 7) is 5.84. The predicted molar refractivity (Wildman–Crippen MR) is 123 cm³/mol. The lowest BCUT2D eigenvalue weighted by Gasteiger charge is -2.08. The molecule has 10 heteroatoms. The standard InChI is InChI=1S/C23H21FN8O/c1-12(2)32-22-19(21(25)27-11-28-22)20(30-32)14-6-7-31-17(10-26-18(31)9-14)23(33)29-16-8-13(3)4-5-15(16)24/h4-12H,1-3H3,(H,29,33)(H2,25,27,28). The molecule has 166 valence electrons. The Morgan fingerprint density at radius 3 is 2.76 bits per heavy atom. The molecule has 4 aromatic heterocycles. The normalized spacial score (nSPS) is 11.5. The average Bonchev–Trinajstić information content (AvgIpc) is 3.38. The number of imidazole rings is 1. The van der Waals surface area contributed by atoms with E-state index in [0.717, 1.165) is 11.1 Å². The smallest absolute Gasteiger partial charge is 0.274 e. The molecule has 0 radical (unpaired) electrons. The number of carbonyl (C=O) groups is 1. The van der Waals surface area contributed by atoms with Crippen LogP contribution in [0.25, 0.3) is 27.9 Å². The second kappa shape index (κ2) is 7.66. The lowest BCUT2D eigenvalue weighted by molar-refractivity contribution is 0.102. The Morgan fingerprint density at radius 2 is 1.97 bits per heavy atom. The minimum atomic E-state index is -0.502. The van der Waals surface area contributed by atoms with E-state index in [1.165, 1.54) is 18.6 Å². The second-order valence-corrected chi connectivity index (χ2v) is 8.07. The van der Waals surface area contributed by atoms with Gasteiger partial charge in [-0.3, -0.25) is 9.20 Å². The zero-order chi connectivity index (χ0) is 23.3. The minimum absolute atomic E-state index is 0.0722. The molecule has 0 saturated heterocycles. The molecule has 0 bridgehead atoms. The third kappa shape index (κ3) is 3.45. The van der Waals surface area contributed by atoms with E-state index in [1.54, 1.807) is 27.4 Å². The first-order valence-corrected chi connectivity index (χ1v) is 10.4. The quantitative estimate of drug-likeness (QED) is 0.433. The predicted octanol–water partition coefficient (Wildman–Crippen LogP) is 4.00. The Kier molecular flexibility index (Phi) is 4.77. The van der Waals surface area contributed by atoms with Gasteiger partial charge in [0.2, 0.25) is 0 Å². The van der Waals surface area contributed by atoms with Gasteiger partial charge in [0.05, 0.1) is 17.3 Å². The van der Waals surface area contributed by atoms with E-state index < -0.39 is 11.7 Å². The summed E-state index contributed by atoms with van der Waals surface area (Å²) < 4.78 is 17.5. The van der Waals surface area contributed by atoms with E-state index in [-0.39, 0.29) is 17.4 Å². The van der Waals surface area contributed by atoms with Gasteiger partial charge in [0.1, 0.15) is 35.0 Å². The van der Waals surface area contributed by atoms with E-state index in [2.05, 4.69) is 20.3 Å². The third-order valence-corrected chi connectivity index (χ3v) is 5.40. The van der Waals surface area contributed by atoms with Crippen molar-refractivity contribution in [1.82, 2.24) is 29.1 Å². The first kappa shape index (κ1) is 20.6. The molecule has 9 nitrogen and oxygen atoms in total. The van der Waals surface area contributed by atoms with Crippen molar-refractivity contribution in [3.8, 4) is 11.3 Å². The number of nitrogens with two attached hydrogens (primary N) is 1. The van der Waals surface area contributed by atoms with Gasteiger partial charge in [-0.25, -0.2) is 24.0 Å². The van der Waals surface area contributed by atoms with Gasteiger partial charge in [-0.1, -0.05) is 6.07 Å². The molecule has 1 amide bonds. The molecule has 33 heavy (non-hydrogen) atoms. The monoisotopic (exact) mass is 444 g/mol. The van der Waals surface area contributed by atoms with Gasteiger partial charge in [0.15, 0.2) is 5.65 Å². The summed E-state index contributed by atoms with van der Waals surface area (Å²) in [5, 5.41) is 8.00. The topological polar surface area (TPSA) is 116 Å². The van der Waals surface area contributed by atoms with Gasteiger partial charge >= 0.3 is 0 Å². The highest BCUT2D eigenvalue weighted by molar-refractivity contribution is 6.04. The van der Waals surface area contributed by atoms with Crippen LogP contribution in [-0.4, -0.2) is 35.0 Å². The highest BCUT2D eigenvalue weighted by Crippen LogP contribution is 2.32. The van der Waals surface area contributed by atoms with Crippen molar-refractivity contribution in [2.45, 2.75) is 26.8 Å². The van der Waals surface area contributed by atoms with Gasteiger partial charge in [-0.15, -0.1) is 0 Å². The molecule has 0 spiro atoms. The molecule has 0 fully saturated rings. The van der Waals surface area contributed by atoms with Crippen molar-refractivity contribution in [1.29, 1.82) is 0 Å². The van der Waals surface area contributed by atoms with Crippen LogP contribution >= 0.6 is 0 Å². The van der Waals surface area contributed by atoms with Crippen LogP contribution in [0, 0.1) is 12.7 Å². The Balaban J connectivity index is 1.56. The van der Waals surface area contributed by atoms with E-state index in [9.17, 15) is 9.18 Å². The number of halogens is 1. The van der Waals surface area contributed by atoms with Crippen LogP contribution < -0.4 is 11.1 Å². The maximum atomic E-state index is 14.1. The zero-order valence-electron chi connectivity index (χ0n) is 18.2. The molecule has 0 unspecified atom stereocenters. The van der Waals surface area contributed by atoms with Crippen molar-refractivity contribution in [3.05, 3.63) is 66.1 Å². The van der Waals surface area contributed by atoms with E-state index in [0.29, 0.717) is 28.2 Å². The number of nitrogens with one attached hydrogen (secondary N) is 1.